The number of aromatic nitrogens is 1. The molecule has 1 heterocycles. The Morgan fingerprint density at radius 3 is 2.48 bits per heavy atom. The number of guanidine groups is 1. The Bertz CT molecular complexity index is 694. The standard InChI is InChI=1S/C21H33N5S/c1-6-26(7-2)20(13-18-11-9-8-10-12-18)14-23-21(22-4)25(5)15-19-16-27-17(3)24-19/h8-12,16,20H,6-7,13-15H2,1-5H3,(H,22,23). The van der Waals surface area contributed by atoms with E-state index in [0.29, 0.717) is 6.04 Å². The van der Waals surface area contributed by atoms with Crippen molar-refractivity contribution in [2.45, 2.75) is 39.8 Å². The van der Waals surface area contributed by atoms with E-state index in [0.717, 1.165) is 49.3 Å². The fraction of sp³-hybridized carbons (Fsp3) is 0.524. The Morgan fingerprint density at radius 2 is 1.93 bits per heavy atom. The molecule has 2 rings (SSSR count). The van der Waals surface area contributed by atoms with Crippen LogP contribution in [0.5, 0.6) is 0 Å². The van der Waals surface area contributed by atoms with Crippen LogP contribution >= 0.6 is 11.3 Å². The molecule has 0 aliphatic carbocycles. The van der Waals surface area contributed by atoms with Gasteiger partial charge in [-0.1, -0.05) is 44.2 Å². The Labute approximate surface area is 168 Å². The highest BCUT2D eigenvalue weighted by atomic mass is 32.1. The molecule has 27 heavy (non-hydrogen) atoms. The first-order valence-corrected chi connectivity index (χ1v) is 10.6. The summed E-state index contributed by atoms with van der Waals surface area (Å²) in [6.07, 6.45) is 1.03. The number of hydrogen-bond acceptors (Lipinski definition) is 4. The average Bonchev–Trinajstić information content (AvgIpc) is 3.08. The number of aryl methyl sites for hydroxylation is 1. The molecule has 1 aromatic carbocycles. The molecule has 1 aromatic heterocycles. The number of hydrogen-bond donors (Lipinski definition) is 1. The molecule has 1 N–H and O–H groups in total. The van der Waals surface area contributed by atoms with Gasteiger partial charge in [0.15, 0.2) is 5.96 Å². The van der Waals surface area contributed by atoms with Crippen LogP contribution in [0.2, 0.25) is 0 Å². The smallest absolute Gasteiger partial charge is 0.193 e. The summed E-state index contributed by atoms with van der Waals surface area (Å²) in [6, 6.07) is 11.2. The Balaban J connectivity index is 2.00. The van der Waals surface area contributed by atoms with E-state index < -0.39 is 0 Å². The van der Waals surface area contributed by atoms with Gasteiger partial charge in [-0.3, -0.25) is 9.89 Å². The molecule has 1 atom stereocenters. The van der Waals surface area contributed by atoms with Crippen LogP contribution in [0.3, 0.4) is 0 Å². The van der Waals surface area contributed by atoms with Gasteiger partial charge in [0.05, 0.1) is 17.2 Å². The summed E-state index contributed by atoms with van der Waals surface area (Å²) >= 11 is 1.69. The van der Waals surface area contributed by atoms with Crippen molar-refractivity contribution in [2.75, 3.05) is 33.7 Å². The maximum absolute atomic E-state index is 4.56. The molecule has 5 nitrogen and oxygen atoms in total. The van der Waals surface area contributed by atoms with Crippen molar-refractivity contribution in [1.82, 2.24) is 20.1 Å². The zero-order chi connectivity index (χ0) is 19.6. The van der Waals surface area contributed by atoms with Crippen molar-refractivity contribution < 1.29 is 0 Å². The Kier molecular flexibility index (Phi) is 8.75. The van der Waals surface area contributed by atoms with Gasteiger partial charge in [0.2, 0.25) is 0 Å². The lowest BCUT2D eigenvalue weighted by Gasteiger charge is -2.31. The van der Waals surface area contributed by atoms with E-state index in [1.807, 2.05) is 14.0 Å². The van der Waals surface area contributed by atoms with Gasteiger partial charge < -0.3 is 10.2 Å². The van der Waals surface area contributed by atoms with E-state index in [2.05, 4.69) is 81.7 Å². The summed E-state index contributed by atoms with van der Waals surface area (Å²) in [4.78, 5) is 13.7. The zero-order valence-electron chi connectivity index (χ0n) is 17.3. The molecule has 0 saturated heterocycles. The molecule has 2 aromatic rings. The molecular formula is C21H33N5S. The molecule has 0 fully saturated rings. The van der Waals surface area contributed by atoms with Crippen molar-refractivity contribution in [3.8, 4) is 0 Å². The lowest BCUT2D eigenvalue weighted by molar-refractivity contribution is 0.214. The fourth-order valence-corrected chi connectivity index (χ4v) is 3.95. The quantitative estimate of drug-likeness (QED) is 0.529. The number of aliphatic imine (C=N–C) groups is 1. The van der Waals surface area contributed by atoms with Crippen molar-refractivity contribution in [3.63, 3.8) is 0 Å². The molecule has 0 spiro atoms. The minimum atomic E-state index is 0.425. The van der Waals surface area contributed by atoms with E-state index in [1.165, 1.54) is 5.56 Å². The van der Waals surface area contributed by atoms with Crippen LogP contribution in [0.4, 0.5) is 0 Å². The first-order chi connectivity index (χ1) is 13.1. The second kappa shape index (κ2) is 11.0. The molecule has 0 aliphatic rings. The molecule has 1 unspecified atom stereocenters. The van der Waals surface area contributed by atoms with Crippen molar-refractivity contribution in [3.05, 3.63) is 52.0 Å². The highest BCUT2D eigenvalue weighted by Gasteiger charge is 2.18. The zero-order valence-corrected chi connectivity index (χ0v) is 18.1. The molecule has 0 saturated carbocycles. The molecule has 0 bridgehead atoms. The second-order valence-electron chi connectivity index (χ2n) is 6.71. The second-order valence-corrected chi connectivity index (χ2v) is 7.77. The van der Waals surface area contributed by atoms with Gasteiger partial charge >= 0.3 is 0 Å². The van der Waals surface area contributed by atoms with Gasteiger partial charge in [-0.2, -0.15) is 0 Å². The number of nitrogens with one attached hydrogen (secondary N) is 1. The lowest BCUT2D eigenvalue weighted by atomic mass is 10.0. The summed E-state index contributed by atoms with van der Waals surface area (Å²) in [5.41, 5.74) is 2.46. The molecule has 148 valence electrons. The van der Waals surface area contributed by atoms with E-state index in [-0.39, 0.29) is 0 Å². The molecule has 0 radical (unpaired) electrons. The van der Waals surface area contributed by atoms with Crippen molar-refractivity contribution in [2.24, 2.45) is 4.99 Å². The van der Waals surface area contributed by atoms with Gasteiger partial charge in [0.25, 0.3) is 0 Å². The lowest BCUT2D eigenvalue weighted by Crippen LogP contribution is -2.48. The number of likely N-dealkylation sites (N-methyl/N-ethyl adjacent to an activating group) is 1. The van der Waals surface area contributed by atoms with E-state index in [1.54, 1.807) is 11.3 Å². The van der Waals surface area contributed by atoms with E-state index in [4.69, 9.17) is 0 Å². The van der Waals surface area contributed by atoms with E-state index in [9.17, 15) is 0 Å². The minimum absolute atomic E-state index is 0.425. The van der Waals surface area contributed by atoms with Crippen LogP contribution < -0.4 is 5.32 Å². The van der Waals surface area contributed by atoms with Crippen LogP contribution in [0.15, 0.2) is 40.7 Å². The molecule has 6 heteroatoms. The van der Waals surface area contributed by atoms with Gasteiger partial charge in [-0.05, 0) is 32.0 Å². The summed E-state index contributed by atoms with van der Waals surface area (Å²) in [5, 5.41) is 6.80. The third kappa shape index (κ3) is 6.63. The Hall–Kier alpha value is -1.92. The average molecular weight is 388 g/mol. The topological polar surface area (TPSA) is 43.8 Å². The Morgan fingerprint density at radius 1 is 1.22 bits per heavy atom. The summed E-state index contributed by atoms with van der Waals surface area (Å²) in [6.45, 7) is 10.2. The van der Waals surface area contributed by atoms with Gasteiger partial charge in [-0.15, -0.1) is 11.3 Å². The number of benzene rings is 1. The summed E-state index contributed by atoms with van der Waals surface area (Å²) in [7, 11) is 3.91. The van der Waals surface area contributed by atoms with Crippen LogP contribution in [0.25, 0.3) is 0 Å². The van der Waals surface area contributed by atoms with Crippen LogP contribution in [0.1, 0.15) is 30.1 Å². The van der Waals surface area contributed by atoms with Gasteiger partial charge in [0, 0.05) is 32.1 Å². The van der Waals surface area contributed by atoms with Crippen LogP contribution in [0, 0.1) is 6.92 Å². The first-order valence-electron chi connectivity index (χ1n) is 9.68. The van der Waals surface area contributed by atoms with Gasteiger partial charge in [0.1, 0.15) is 0 Å². The maximum atomic E-state index is 4.56. The van der Waals surface area contributed by atoms with Crippen molar-refractivity contribution in [1.29, 1.82) is 0 Å². The fourth-order valence-electron chi connectivity index (χ4n) is 3.35. The summed E-state index contributed by atoms with van der Waals surface area (Å²) in [5.74, 6) is 0.908. The number of thiazole rings is 1. The normalized spacial score (nSPS) is 13.0. The predicted molar refractivity (Wildman–Crippen MR) is 117 cm³/mol. The highest BCUT2D eigenvalue weighted by molar-refractivity contribution is 7.09. The maximum Gasteiger partial charge on any atom is 0.193 e. The number of nitrogens with zero attached hydrogens (tertiary/aromatic N) is 4. The third-order valence-corrected chi connectivity index (χ3v) is 5.60. The molecular weight excluding hydrogens is 354 g/mol. The van der Waals surface area contributed by atoms with Crippen LogP contribution in [-0.4, -0.2) is 60.5 Å². The van der Waals surface area contributed by atoms with E-state index >= 15 is 0 Å². The molecule has 0 aliphatic heterocycles. The first kappa shape index (κ1) is 21.4. The SMILES string of the molecule is CCN(CC)C(CNC(=NC)N(C)Cc1csc(C)n1)Cc1ccccc1. The largest absolute Gasteiger partial charge is 0.355 e. The summed E-state index contributed by atoms with van der Waals surface area (Å²) < 4.78 is 0. The minimum Gasteiger partial charge on any atom is -0.355 e. The monoisotopic (exact) mass is 387 g/mol. The predicted octanol–water partition coefficient (Wildman–Crippen LogP) is 3.41. The van der Waals surface area contributed by atoms with Crippen LogP contribution in [-0.2, 0) is 13.0 Å². The van der Waals surface area contributed by atoms with Crippen molar-refractivity contribution >= 4 is 17.3 Å². The molecule has 0 amide bonds. The number of rotatable bonds is 9. The highest BCUT2D eigenvalue weighted by Crippen LogP contribution is 2.11. The van der Waals surface area contributed by atoms with Gasteiger partial charge in [-0.25, -0.2) is 4.98 Å². The third-order valence-electron chi connectivity index (χ3n) is 4.78.